The standard InChI is InChI=1S/C25H17NO2/c1-28-18-12-10-16(11-13-18)22-20-8-4-5-9-21(20)24(27)25(15-26)14-17-6-2-3-7-19(17)23(22)25/h2-13H,14H2,1H3. The van der Waals surface area contributed by atoms with Crippen LogP contribution in [0.5, 0.6) is 5.75 Å². The average Bonchev–Trinajstić information content (AvgIpc) is 3.10. The number of nitriles is 1. The smallest absolute Gasteiger partial charge is 0.188 e. The third-order valence-corrected chi connectivity index (χ3v) is 5.82. The third-order valence-electron chi connectivity index (χ3n) is 5.82. The summed E-state index contributed by atoms with van der Waals surface area (Å²) in [5.74, 6) is 0.668. The summed E-state index contributed by atoms with van der Waals surface area (Å²) in [6.07, 6.45) is 0.418. The van der Waals surface area contributed by atoms with Crippen LogP contribution < -0.4 is 4.74 Å². The van der Waals surface area contributed by atoms with Crippen molar-refractivity contribution in [3.63, 3.8) is 0 Å². The highest BCUT2D eigenvalue weighted by Gasteiger charge is 2.53. The summed E-state index contributed by atoms with van der Waals surface area (Å²) in [6, 6.07) is 25.8. The monoisotopic (exact) mass is 363 g/mol. The van der Waals surface area contributed by atoms with Gasteiger partial charge in [-0.15, -0.1) is 0 Å². The van der Waals surface area contributed by atoms with E-state index in [4.69, 9.17) is 4.74 Å². The SMILES string of the molecule is COc1ccc(C2=C3c4ccccc4CC3(C#N)C(=O)c3ccccc32)cc1. The predicted octanol–water partition coefficient (Wildman–Crippen LogP) is 4.92. The number of ketones is 1. The molecule has 5 rings (SSSR count). The fourth-order valence-corrected chi connectivity index (χ4v) is 4.53. The Bertz CT molecular complexity index is 1200. The summed E-state index contributed by atoms with van der Waals surface area (Å²) in [5, 5.41) is 10.2. The second kappa shape index (κ2) is 5.94. The summed E-state index contributed by atoms with van der Waals surface area (Å²) >= 11 is 0. The highest BCUT2D eigenvalue weighted by molar-refractivity contribution is 6.24. The number of fused-ring (bicyclic) bond motifs is 4. The first-order valence-electron chi connectivity index (χ1n) is 9.22. The van der Waals surface area contributed by atoms with Crippen molar-refractivity contribution in [2.45, 2.75) is 6.42 Å². The topological polar surface area (TPSA) is 50.1 Å². The van der Waals surface area contributed by atoms with Crippen molar-refractivity contribution in [1.29, 1.82) is 5.26 Å². The maximum atomic E-state index is 13.5. The van der Waals surface area contributed by atoms with Gasteiger partial charge in [-0.05, 0) is 45.5 Å². The molecule has 0 aromatic heterocycles. The Hall–Kier alpha value is -3.64. The zero-order valence-electron chi connectivity index (χ0n) is 15.4. The Balaban J connectivity index is 1.92. The van der Waals surface area contributed by atoms with Crippen LogP contribution in [0, 0.1) is 16.7 Å². The first kappa shape index (κ1) is 16.5. The fourth-order valence-electron chi connectivity index (χ4n) is 4.53. The summed E-state index contributed by atoms with van der Waals surface area (Å²) in [5.41, 5.74) is 5.15. The van der Waals surface area contributed by atoms with E-state index < -0.39 is 5.41 Å². The lowest BCUT2D eigenvalue weighted by Gasteiger charge is -2.31. The van der Waals surface area contributed by atoms with Gasteiger partial charge in [0.2, 0.25) is 0 Å². The summed E-state index contributed by atoms with van der Waals surface area (Å²) in [6.45, 7) is 0. The van der Waals surface area contributed by atoms with Gasteiger partial charge in [0.05, 0.1) is 13.2 Å². The molecule has 0 amide bonds. The lowest BCUT2D eigenvalue weighted by atomic mass is 9.66. The molecule has 0 aliphatic heterocycles. The maximum absolute atomic E-state index is 13.5. The number of hydrogen-bond donors (Lipinski definition) is 0. The normalized spacial score (nSPS) is 19.5. The van der Waals surface area contributed by atoms with Crippen LogP contribution in [0.4, 0.5) is 0 Å². The van der Waals surface area contributed by atoms with Crippen molar-refractivity contribution in [2.75, 3.05) is 7.11 Å². The molecule has 2 aliphatic rings. The molecular weight excluding hydrogens is 346 g/mol. The highest BCUT2D eigenvalue weighted by atomic mass is 16.5. The quantitative estimate of drug-likeness (QED) is 0.649. The minimum atomic E-state index is -1.17. The van der Waals surface area contributed by atoms with E-state index in [2.05, 4.69) is 6.07 Å². The molecule has 3 heteroatoms. The van der Waals surface area contributed by atoms with Crippen LogP contribution in [-0.4, -0.2) is 12.9 Å². The molecule has 0 heterocycles. The van der Waals surface area contributed by atoms with E-state index in [9.17, 15) is 10.1 Å². The number of carbonyl (C=O) groups excluding carboxylic acids is 1. The molecule has 0 fully saturated rings. The van der Waals surface area contributed by atoms with Crippen molar-refractivity contribution in [3.05, 3.63) is 101 Å². The number of rotatable bonds is 2. The Kier molecular flexibility index (Phi) is 3.50. The van der Waals surface area contributed by atoms with Gasteiger partial charge in [0.1, 0.15) is 5.75 Å². The third kappa shape index (κ3) is 2.06. The van der Waals surface area contributed by atoms with Gasteiger partial charge in [-0.25, -0.2) is 0 Å². The van der Waals surface area contributed by atoms with Crippen LogP contribution in [0.2, 0.25) is 0 Å². The van der Waals surface area contributed by atoms with E-state index >= 15 is 0 Å². The van der Waals surface area contributed by atoms with Crippen LogP contribution >= 0.6 is 0 Å². The van der Waals surface area contributed by atoms with E-state index in [-0.39, 0.29) is 5.78 Å². The molecule has 0 bridgehead atoms. The molecule has 28 heavy (non-hydrogen) atoms. The van der Waals surface area contributed by atoms with Crippen LogP contribution in [0.15, 0.2) is 72.8 Å². The largest absolute Gasteiger partial charge is 0.497 e. The van der Waals surface area contributed by atoms with E-state index in [1.165, 1.54) is 0 Å². The number of methoxy groups -OCH3 is 1. The summed E-state index contributed by atoms with van der Waals surface area (Å²) in [7, 11) is 1.64. The zero-order chi connectivity index (χ0) is 19.3. The molecule has 3 aromatic carbocycles. The van der Waals surface area contributed by atoms with Crippen molar-refractivity contribution < 1.29 is 9.53 Å². The summed E-state index contributed by atoms with van der Waals surface area (Å²) < 4.78 is 5.30. The molecule has 0 saturated carbocycles. The van der Waals surface area contributed by atoms with Gasteiger partial charge in [-0.1, -0.05) is 60.7 Å². The van der Waals surface area contributed by atoms with E-state index in [0.29, 0.717) is 12.0 Å². The van der Waals surface area contributed by atoms with E-state index in [1.807, 2.05) is 72.8 Å². The molecule has 0 radical (unpaired) electrons. The van der Waals surface area contributed by atoms with Gasteiger partial charge < -0.3 is 4.74 Å². The number of ether oxygens (including phenoxy) is 1. The first-order chi connectivity index (χ1) is 13.7. The van der Waals surface area contributed by atoms with Crippen molar-refractivity contribution in [1.82, 2.24) is 0 Å². The van der Waals surface area contributed by atoms with Gasteiger partial charge in [0, 0.05) is 12.0 Å². The second-order valence-electron chi connectivity index (χ2n) is 7.20. The maximum Gasteiger partial charge on any atom is 0.188 e. The molecule has 0 saturated heterocycles. The Morgan fingerprint density at radius 3 is 2.21 bits per heavy atom. The molecule has 0 spiro atoms. The van der Waals surface area contributed by atoms with Gasteiger partial charge in [0.15, 0.2) is 11.2 Å². The first-order valence-corrected chi connectivity index (χ1v) is 9.22. The molecule has 3 aromatic rings. The number of benzene rings is 3. The average molecular weight is 363 g/mol. The van der Waals surface area contributed by atoms with E-state index in [0.717, 1.165) is 39.1 Å². The van der Waals surface area contributed by atoms with Crippen LogP contribution in [0.25, 0.3) is 11.1 Å². The molecule has 2 aliphatic carbocycles. The molecular formula is C25H17NO2. The van der Waals surface area contributed by atoms with Gasteiger partial charge in [-0.2, -0.15) is 5.26 Å². The number of nitrogens with zero attached hydrogens (tertiary/aromatic N) is 1. The second-order valence-corrected chi connectivity index (χ2v) is 7.20. The summed E-state index contributed by atoms with van der Waals surface area (Å²) in [4.78, 5) is 13.5. The highest BCUT2D eigenvalue weighted by Crippen LogP contribution is 2.56. The Morgan fingerprint density at radius 2 is 1.54 bits per heavy atom. The molecule has 1 atom stereocenters. The Labute approximate surface area is 163 Å². The lowest BCUT2D eigenvalue weighted by molar-refractivity contribution is 0.0909. The Morgan fingerprint density at radius 1 is 0.893 bits per heavy atom. The van der Waals surface area contributed by atoms with Crippen molar-refractivity contribution in [2.24, 2.45) is 5.41 Å². The van der Waals surface area contributed by atoms with Crippen LogP contribution in [0.3, 0.4) is 0 Å². The molecule has 3 nitrogen and oxygen atoms in total. The van der Waals surface area contributed by atoms with Gasteiger partial charge in [0.25, 0.3) is 0 Å². The molecule has 1 unspecified atom stereocenters. The number of hydrogen-bond acceptors (Lipinski definition) is 3. The number of Topliss-reactive ketones (excluding diaryl/α,β-unsaturated/α-hetero) is 1. The van der Waals surface area contributed by atoms with Crippen LogP contribution in [-0.2, 0) is 6.42 Å². The van der Waals surface area contributed by atoms with Gasteiger partial charge >= 0.3 is 0 Å². The van der Waals surface area contributed by atoms with Gasteiger partial charge in [-0.3, -0.25) is 4.79 Å². The minimum absolute atomic E-state index is 0.103. The predicted molar refractivity (Wildman–Crippen MR) is 108 cm³/mol. The number of carbonyl (C=O) groups is 1. The van der Waals surface area contributed by atoms with Crippen molar-refractivity contribution in [3.8, 4) is 11.8 Å². The molecule has 0 N–H and O–H groups in total. The zero-order valence-corrected chi connectivity index (χ0v) is 15.4. The number of allylic oxidation sites excluding steroid dienone is 1. The lowest BCUT2D eigenvalue weighted by Crippen LogP contribution is -2.34. The van der Waals surface area contributed by atoms with Crippen molar-refractivity contribution >= 4 is 16.9 Å². The minimum Gasteiger partial charge on any atom is -0.497 e. The van der Waals surface area contributed by atoms with E-state index in [1.54, 1.807) is 7.11 Å². The van der Waals surface area contributed by atoms with Crippen LogP contribution in [0.1, 0.15) is 32.6 Å². The molecule has 134 valence electrons. The fraction of sp³-hybridized carbons (Fsp3) is 0.120.